The number of aromatic hydroxyl groups is 1. The first-order chi connectivity index (χ1) is 16.7. The topological polar surface area (TPSA) is 96.3 Å². The van der Waals surface area contributed by atoms with Crippen molar-refractivity contribution < 1.29 is 29.3 Å². The Labute approximate surface area is 215 Å². The van der Waals surface area contributed by atoms with Gasteiger partial charge < -0.3 is 19.7 Å². The number of hydrogen-bond acceptors (Lipinski definition) is 6. The van der Waals surface area contributed by atoms with Gasteiger partial charge in [0.2, 0.25) is 0 Å². The summed E-state index contributed by atoms with van der Waals surface area (Å²) in [5.41, 5.74) is 0.627. The molecule has 1 aliphatic rings. The van der Waals surface area contributed by atoms with Crippen LogP contribution in [0.5, 0.6) is 17.2 Å². The van der Waals surface area contributed by atoms with Gasteiger partial charge in [0, 0.05) is 10.7 Å². The summed E-state index contributed by atoms with van der Waals surface area (Å²) in [7, 11) is 2.70. The molecule has 0 bridgehead atoms. The number of hydrogen-bond donors (Lipinski definition) is 2. The van der Waals surface area contributed by atoms with Crippen LogP contribution < -0.4 is 14.4 Å². The molecule has 1 amide bonds. The minimum Gasteiger partial charge on any atom is -0.508 e. The van der Waals surface area contributed by atoms with Gasteiger partial charge in [-0.1, -0.05) is 46.9 Å². The number of ketones is 1. The van der Waals surface area contributed by atoms with E-state index in [2.05, 4.69) is 0 Å². The van der Waals surface area contributed by atoms with Crippen LogP contribution in [0.3, 0.4) is 0 Å². The van der Waals surface area contributed by atoms with Gasteiger partial charge in [-0.3, -0.25) is 14.5 Å². The molecule has 1 aliphatic heterocycles. The molecule has 1 heterocycles. The summed E-state index contributed by atoms with van der Waals surface area (Å²) in [5.74, 6) is -2.21. The van der Waals surface area contributed by atoms with Crippen LogP contribution in [0.1, 0.15) is 17.2 Å². The maximum Gasteiger partial charge on any atom is 0.300 e. The average molecular weight is 535 g/mol. The molecule has 0 saturated carbocycles. The summed E-state index contributed by atoms with van der Waals surface area (Å²) >= 11 is 18.7. The van der Waals surface area contributed by atoms with Gasteiger partial charge in [0.15, 0.2) is 11.5 Å². The number of benzene rings is 3. The Morgan fingerprint density at radius 2 is 1.51 bits per heavy atom. The summed E-state index contributed by atoms with van der Waals surface area (Å²) < 4.78 is 10.6. The smallest absolute Gasteiger partial charge is 0.300 e. The predicted octanol–water partition coefficient (Wildman–Crippen LogP) is 6.00. The van der Waals surface area contributed by atoms with E-state index in [1.165, 1.54) is 37.3 Å². The summed E-state index contributed by atoms with van der Waals surface area (Å²) in [5, 5.41) is 21.7. The number of carbonyl (C=O) groups excluding carboxylic acids is 2. The van der Waals surface area contributed by atoms with Crippen LogP contribution in [0, 0.1) is 0 Å². The Hall–Kier alpha value is -3.39. The molecule has 4 rings (SSSR count). The number of anilines is 1. The van der Waals surface area contributed by atoms with E-state index in [9.17, 15) is 19.8 Å². The van der Waals surface area contributed by atoms with Crippen LogP contribution in [0.15, 0.2) is 60.2 Å². The van der Waals surface area contributed by atoms with Crippen molar-refractivity contribution in [2.75, 3.05) is 19.1 Å². The standard InChI is InChI=1S/C25H18Cl3NO6/c1-34-23-16(11-17(27)24(35-2)19(23)28)21(31)18-20(12-3-9-15(30)10-4-12)29(25(33)22(18)32)14-7-5-13(26)6-8-14/h3-11,20,30-31H,1-2H3/b21-18+. The van der Waals surface area contributed by atoms with E-state index in [4.69, 9.17) is 44.3 Å². The maximum absolute atomic E-state index is 13.3. The number of ether oxygens (including phenoxy) is 2. The van der Waals surface area contributed by atoms with Crippen LogP contribution in [0.4, 0.5) is 5.69 Å². The van der Waals surface area contributed by atoms with Crippen molar-refractivity contribution in [3.63, 3.8) is 0 Å². The summed E-state index contributed by atoms with van der Waals surface area (Å²) in [6, 6.07) is 12.6. The second-order valence-electron chi connectivity index (χ2n) is 7.52. The number of phenols is 1. The van der Waals surface area contributed by atoms with E-state index in [0.29, 0.717) is 16.3 Å². The SMILES string of the molecule is COc1c(Cl)cc(/C(O)=C2\C(=O)C(=O)N(c3ccc(Cl)cc3)C2c2ccc(O)cc2)c(OC)c1Cl. The predicted molar refractivity (Wildman–Crippen MR) is 134 cm³/mol. The molecular formula is C25H18Cl3NO6. The second kappa shape index (κ2) is 9.70. The Morgan fingerprint density at radius 1 is 0.914 bits per heavy atom. The molecule has 3 aromatic carbocycles. The highest BCUT2D eigenvalue weighted by atomic mass is 35.5. The van der Waals surface area contributed by atoms with Gasteiger partial charge in [-0.05, 0) is 48.0 Å². The van der Waals surface area contributed by atoms with E-state index in [1.54, 1.807) is 36.4 Å². The molecule has 1 unspecified atom stereocenters. The fraction of sp³-hybridized carbons (Fsp3) is 0.120. The molecule has 7 nitrogen and oxygen atoms in total. The van der Waals surface area contributed by atoms with Gasteiger partial charge in [0.1, 0.15) is 16.5 Å². The van der Waals surface area contributed by atoms with Crippen molar-refractivity contribution in [2.45, 2.75) is 6.04 Å². The quantitative estimate of drug-likeness (QED) is 0.237. The Morgan fingerprint density at radius 3 is 2.09 bits per heavy atom. The average Bonchev–Trinajstić information content (AvgIpc) is 3.10. The minimum absolute atomic E-state index is 0.00110. The van der Waals surface area contributed by atoms with Crippen LogP contribution in [-0.2, 0) is 9.59 Å². The van der Waals surface area contributed by atoms with Crippen molar-refractivity contribution in [1.82, 2.24) is 0 Å². The minimum atomic E-state index is -1.04. The van der Waals surface area contributed by atoms with E-state index < -0.39 is 23.5 Å². The van der Waals surface area contributed by atoms with Crippen molar-refractivity contribution in [3.8, 4) is 17.2 Å². The zero-order chi connectivity index (χ0) is 25.4. The molecule has 10 heteroatoms. The third-order valence-electron chi connectivity index (χ3n) is 5.55. The van der Waals surface area contributed by atoms with Gasteiger partial charge in [0.05, 0.1) is 36.4 Å². The van der Waals surface area contributed by atoms with Crippen molar-refractivity contribution >= 4 is 57.9 Å². The maximum atomic E-state index is 13.3. The molecule has 1 fully saturated rings. The van der Waals surface area contributed by atoms with Crippen LogP contribution in [0.25, 0.3) is 5.76 Å². The second-order valence-corrected chi connectivity index (χ2v) is 8.75. The van der Waals surface area contributed by atoms with Crippen molar-refractivity contribution in [1.29, 1.82) is 0 Å². The van der Waals surface area contributed by atoms with Gasteiger partial charge in [-0.15, -0.1) is 0 Å². The van der Waals surface area contributed by atoms with Gasteiger partial charge >= 0.3 is 0 Å². The number of amides is 1. The molecule has 1 saturated heterocycles. The lowest BCUT2D eigenvalue weighted by atomic mass is 9.94. The third kappa shape index (κ3) is 4.27. The molecule has 0 spiro atoms. The normalized spacial score (nSPS) is 17.1. The fourth-order valence-corrected chi connectivity index (χ4v) is 4.78. The highest BCUT2D eigenvalue weighted by Crippen LogP contribution is 2.48. The van der Waals surface area contributed by atoms with Crippen LogP contribution in [0.2, 0.25) is 15.1 Å². The van der Waals surface area contributed by atoms with Crippen molar-refractivity contribution in [2.24, 2.45) is 0 Å². The fourth-order valence-electron chi connectivity index (χ4n) is 3.96. The lowest BCUT2D eigenvalue weighted by Crippen LogP contribution is -2.29. The zero-order valence-corrected chi connectivity index (χ0v) is 20.6. The number of Topliss-reactive ketones (excluding diaryl/α,β-unsaturated/α-hetero) is 1. The van der Waals surface area contributed by atoms with E-state index in [0.717, 1.165) is 0 Å². The summed E-state index contributed by atoms with van der Waals surface area (Å²) in [6.45, 7) is 0. The van der Waals surface area contributed by atoms with Gasteiger partial charge in [-0.25, -0.2) is 0 Å². The number of methoxy groups -OCH3 is 2. The third-order valence-corrected chi connectivity index (χ3v) is 6.43. The highest BCUT2D eigenvalue weighted by molar-refractivity contribution is 6.52. The molecule has 0 radical (unpaired) electrons. The van der Waals surface area contributed by atoms with Crippen LogP contribution in [-0.4, -0.2) is 36.1 Å². The molecular weight excluding hydrogens is 517 g/mol. The Kier molecular flexibility index (Phi) is 6.85. The lowest BCUT2D eigenvalue weighted by Gasteiger charge is -2.25. The number of aliphatic hydroxyl groups is 1. The molecule has 180 valence electrons. The molecule has 1 atom stereocenters. The highest BCUT2D eigenvalue weighted by Gasteiger charge is 2.47. The lowest BCUT2D eigenvalue weighted by molar-refractivity contribution is -0.132. The molecule has 3 aromatic rings. The molecule has 0 aromatic heterocycles. The number of aliphatic hydroxyl groups excluding tert-OH is 1. The number of phenolic OH excluding ortho intramolecular Hbond substituents is 1. The molecule has 0 aliphatic carbocycles. The Balaban J connectivity index is 2.01. The zero-order valence-electron chi connectivity index (χ0n) is 18.4. The summed E-state index contributed by atoms with van der Waals surface area (Å²) in [4.78, 5) is 27.8. The number of carbonyl (C=O) groups is 2. The van der Waals surface area contributed by atoms with Gasteiger partial charge in [-0.2, -0.15) is 0 Å². The first kappa shape index (κ1) is 24.7. The number of rotatable bonds is 5. The van der Waals surface area contributed by atoms with E-state index >= 15 is 0 Å². The molecule has 2 N–H and O–H groups in total. The van der Waals surface area contributed by atoms with E-state index in [1.807, 2.05) is 0 Å². The van der Waals surface area contributed by atoms with Gasteiger partial charge in [0.25, 0.3) is 11.7 Å². The van der Waals surface area contributed by atoms with Crippen molar-refractivity contribution in [3.05, 3.63) is 86.4 Å². The largest absolute Gasteiger partial charge is 0.508 e. The summed E-state index contributed by atoms with van der Waals surface area (Å²) in [6.07, 6.45) is 0. The first-order valence-corrected chi connectivity index (χ1v) is 11.3. The Bertz CT molecular complexity index is 1350. The number of halogens is 3. The first-order valence-electron chi connectivity index (χ1n) is 10.2. The monoisotopic (exact) mass is 533 g/mol. The molecule has 35 heavy (non-hydrogen) atoms. The number of nitrogens with zero attached hydrogens (tertiary/aromatic N) is 1. The van der Waals surface area contributed by atoms with E-state index in [-0.39, 0.29) is 38.4 Å². The van der Waals surface area contributed by atoms with Crippen LogP contribution >= 0.6 is 34.8 Å².